The van der Waals surface area contributed by atoms with Crippen molar-refractivity contribution in [2.75, 3.05) is 32.8 Å². The Morgan fingerprint density at radius 1 is 1.12 bits per heavy atom. The number of esters is 1. The molecule has 6 nitrogen and oxygen atoms in total. The first kappa shape index (κ1) is 16.0. The van der Waals surface area contributed by atoms with Gasteiger partial charge in [-0.25, -0.2) is 0 Å². The van der Waals surface area contributed by atoms with E-state index in [9.17, 15) is 9.59 Å². The van der Waals surface area contributed by atoms with E-state index in [0.717, 1.165) is 32.6 Å². The van der Waals surface area contributed by atoms with Gasteiger partial charge in [0.2, 0.25) is 0 Å². The Morgan fingerprint density at radius 3 is 2.47 bits per heavy atom. The molecular weight excluding hydrogens is 222 g/mol. The second-order valence-electron chi connectivity index (χ2n) is 3.63. The highest BCUT2D eigenvalue weighted by atomic mass is 16.5. The number of Topliss-reactive ketones (excluding diaryl/α,β-unsaturated/α-hetero) is 1. The smallest absolute Gasteiger partial charge is 0.303 e. The molecule has 0 fully saturated rings. The normalized spacial score (nSPS) is 10.2. The standard InChI is InChI=1S/C11H23N3O3/c1-3-12-7-8-14-13-6-4-5-11(16)9-17-10(2)15/h12-14H,3-9H2,1-2H3. The molecular formula is C11H23N3O3. The zero-order valence-corrected chi connectivity index (χ0v) is 10.7. The van der Waals surface area contributed by atoms with Crippen LogP contribution in [-0.4, -0.2) is 44.5 Å². The van der Waals surface area contributed by atoms with Crippen LogP contribution in [0, 0.1) is 0 Å². The number of nitrogens with one attached hydrogen (secondary N) is 3. The second-order valence-corrected chi connectivity index (χ2v) is 3.63. The van der Waals surface area contributed by atoms with Gasteiger partial charge in [0.25, 0.3) is 0 Å². The molecule has 0 atom stereocenters. The lowest BCUT2D eigenvalue weighted by Gasteiger charge is -2.06. The summed E-state index contributed by atoms with van der Waals surface area (Å²) in [6, 6.07) is 0. The van der Waals surface area contributed by atoms with Gasteiger partial charge < -0.3 is 10.1 Å². The van der Waals surface area contributed by atoms with Gasteiger partial charge in [-0.05, 0) is 13.0 Å². The SMILES string of the molecule is CCNCCNNCCCC(=O)COC(C)=O. The Balaban J connectivity index is 3.16. The maximum absolute atomic E-state index is 11.2. The third-order valence-corrected chi connectivity index (χ3v) is 2.00. The number of ether oxygens (including phenoxy) is 1. The zero-order chi connectivity index (χ0) is 12.9. The molecule has 17 heavy (non-hydrogen) atoms. The van der Waals surface area contributed by atoms with Crippen molar-refractivity contribution in [3.05, 3.63) is 0 Å². The first-order chi connectivity index (χ1) is 8.16. The van der Waals surface area contributed by atoms with Crippen LogP contribution in [0.2, 0.25) is 0 Å². The van der Waals surface area contributed by atoms with Crippen molar-refractivity contribution >= 4 is 11.8 Å². The van der Waals surface area contributed by atoms with Crippen LogP contribution < -0.4 is 16.2 Å². The Bertz CT molecular complexity index is 222. The molecule has 0 heterocycles. The highest BCUT2D eigenvalue weighted by Crippen LogP contribution is 1.90. The first-order valence-corrected chi connectivity index (χ1v) is 5.98. The minimum Gasteiger partial charge on any atom is -0.458 e. The number of carbonyl (C=O) groups is 2. The fourth-order valence-electron chi connectivity index (χ4n) is 1.13. The lowest BCUT2D eigenvalue weighted by atomic mass is 10.2. The second kappa shape index (κ2) is 11.5. The highest BCUT2D eigenvalue weighted by molar-refractivity contribution is 5.81. The van der Waals surface area contributed by atoms with Gasteiger partial charge in [-0.1, -0.05) is 6.92 Å². The molecule has 0 aliphatic heterocycles. The van der Waals surface area contributed by atoms with Crippen LogP contribution in [-0.2, 0) is 14.3 Å². The molecule has 0 unspecified atom stereocenters. The van der Waals surface area contributed by atoms with Crippen LogP contribution in [0.1, 0.15) is 26.7 Å². The Kier molecular flexibility index (Phi) is 10.8. The lowest BCUT2D eigenvalue weighted by molar-refractivity contribution is -0.145. The van der Waals surface area contributed by atoms with E-state index < -0.39 is 5.97 Å². The van der Waals surface area contributed by atoms with Gasteiger partial charge in [-0.15, -0.1) is 0 Å². The topological polar surface area (TPSA) is 79.5 Å². The number of likely N-dealkylation sites (N-methyl/N-ethyl adjacent to an activating group) is 1. The van der Waals surface area contributed by atoms with E-state index >= 15 is 0 Å². The van der Waals surface area contributed by atoms with E-state index in [4.69, 9.17) is 0 Å². The summed E-state index contributed by atoms with van der Waals surface area (Å²) >= 11 is 0. The van der Waals surface area contributed by atoms with E-state index in [0.29, 0.717) is 6.42 Å². The van der Waals surface area contributed by atoms with Crippen molar-refractivity contribution in [2.24, 2.45) is 0 Å². The van der Waals surface area contributed by atoms with Gasteiger partial charge in [-0.3, -0.25) is 20.4 Å². The van der Waals surface area contributed by atoms with Gasteiger partial charge in [-0.2, -0.15) is 0 Å². The Hall–Kier alpha value is -0.980. The van der Waals surface area contributed by atoms with Crippen LogP contribution in [0.5, 0.6) is 0 Å². The van der Waals surface area contributed by atoms with Crippen LogP contribution in [0.3, 0.4) is 0 Å². The molecule has 0 rings (SSSR count). The molecule has 0 aromatic heterocycles. The maximum atomic E-state index is 11.2. The number of hydrogen-bond acceptors (Lipinski definition) is 6. The molecule has 0 aliphatic rings. The number of rotatable bonds is 11. The van der Waals surface area contributed by atoms with Crippen molar-refractivity contribution in [2.45, 2.75) is 26.7 Å². The summed E-state index contributed by atoms with van der Waals surface area (Å²) in [6.45, 7) is 6.68. The van der Waals surface area contributed by atoms with Gasteiger partial charge in [0, 0.05) is 33.0 Å². The molecule has 0 spiro atoms. The van der Waals surface area contributed by atoms with Gasteiger partial charge in [0.05, 0.1) is 0 Å². The minimum absolute atomic E-state index is 0.0466. The largest absolute Gasteiger partial charge is 0.458 e. The molecule has 0 aromatic carbocycles. The van der Waals surface area contributed by atoms with Gasteiger partial charge >= 0.3 is 5.97 Å². The monoisotopic (exact) mass is 245 g/mol. The number of hydrazine groups is 1. The summed E-state index contributed by atoms with van der Waals surface area (Å²) in [6.07, 6.45) is 1.16. The highest BCUT2D eigenvalue weighted by Gasteiger charge is 2.03. The fraction of sp³-hybridized carbons (Fsp3) is 0.818. The molecule has 0 aromatic rings. The van der Waals surface area contributed by atoms with Gasteiger partial charge in [0.15, 0.2) is 5.78 Å². The summed E-state index contributed by atoms with van der Waals surface area (Å²) in [5.74, 6) is -0.462. The van der Waals surface area contributed by atoms with Crippen molar-refractivity contribution in [1.82, 2.24) is 16.2 Å². The molecule has 0 bridgehead atoms. The van der Waals surface area contributed by atoms with Crippen LogP contribution in [0.4, 0.5) is 0 Å². The quantitative estimate of drug-likeness (QED) is 0.261. The van der Waals surface area contributed by atoms with E-state index in [1.807, 2.05) is 0 Å². The molecule has 0 amide bonds. The predicted octanol–water partition coefficient (Wildman–Crippen LogP) is -0.397. The average molecular weight is 245 g/mol. The minimum atomic E-state index is -0.415. The van der Waals surface area contributed by atoms with Crippen LogP contribution >= 0.6 is 0 Å². The number of hydrogen-bond donors (Lipinski definition) is 3. The zero-order valence-electron chi connectivity index (χ0n) is 10.7. The Labute approximate surface area is 102 Å². The maximum Gasteiger partial charge on any atom is 0.303 e. The summed E-state index contributed by atoms with van der Waals surface area (Å²) in [5, 5.41) is 3.18. The fourth-order valence-corrected chi connectivity index (χ4v) is 1.13. The molecule has 3 N–H and O–H groups in total. The summed E-state index contributed by atoms with van der Waals surface area (Å²) < 4.78 is 4.59. The van der Waals surface area contributed by atoms with E-state index in [-0.39, 0.29) is 12.4 Å². The summed E-state index contributed by atoms with van der Waals surface area (Å²) in [7, 11) is 0. The van der Waals surface area contributed by atoms with E-state index in [2.05, 4.69) is 27.8 Å². The third-order valence-electron chi connectivity index (χ3n) is 2.00. The number of ketones is 1. The summed E-state index contributed by atoms with van der Waals surface area (Å²) in [5.41, 5.74) is 6.05. The molecule has 0 radical (unpaired) electrons. The molecule has 6 heteroatoms. The molecule has 0 saturated heterocycles. The van der Waals surface area contributed by atoms with Crippen molar-refractivity contribution in [1.29, 1.82) is 0 Å². The van der Waals surface area contributed by atoms with E-state index in [1.165, 1.54) is 6.92 Å². The van der Waals surface area contributed by atoms with Crippen molar-refractivity contribution < 1.29 is 14.3 Å². The first-order valence-electron chi connectivity index (χ1n) is 5.98. The average Bonchev–Trinajstić information content (AvgIpc) is 2.30. The van der Waals surface area contributed by atoms with Crippen LogP contribution in [0.15, 0.2) is 0 Å². The van der Waals surface area contributed by atoms with Crippen molar-refractivity contribution in [3.8, 4) is 0 Å². The van der Waals surface area contributed by atoms with Crippen molar-refractivity contribution in [3.63, 3.8) is 0 Å². The third kappa shape index (κ3) is 13.0. The predicted molar refractivity (Wildman–Crippen MR) is 65.4 cm³/mol. The van der Waals surface area contributed by atoms with Crippen LogP contribution in [0.25, 0.3) is 0 Å². The van der Waals surface area contributed by atoms with Gasteiger partial charge in [0.1, 0.15) is 6.61 Å². The van der Waals surface area contributed by atoms with E-state index in [1.54, 1.807) is 0 Å². The molecule has 100 valence electrons. The molecule has 0 saturated carbocycles. The number of carbonyl (C=O) groups excluding carboxylic acids is 2. The lowest BCUT2D eigenvalue weighted by Crippen LogP contribution is -2.37. The molecule has 0 aliphatic carbocycles. The Morgan fingerprint density at radius 2 is 1.82 bits per heavy atom. The summed E-state index contributed by atoms with van der Waals surface area (Å²) in [4.78, 5) is 21.6.